The van der Waals surface area contributed by atoms with Crippen molar-refractivity contribution in [2.45, 2.75) is 121 Å². The molecule has 2 aliphatic heterocycles. The summed E-state index contributed by atoms with van der Waals surface area (Å²) in [5, 5.41) is 58.3. The molecular weight excluding hydrogens is 486 g/mol. The molecule has 37 heavy (non-hydrogen) atoms. The highest BCUT2D eigenvalue weighted by molar-refractivity contribution is 5.74. The van der Waals surface area contributed by atoms with E-state index in [1.807, 2.05) is 19.9 Å². The van der Waals surface area contributed by atoms with Crippen molar-refractivity contribution < 1.29 is 44.5 Å². The van der Waals surface area contributed by atoms with Crippen molar-refractivity contribution in [3.05, 3.63) is 12.2 Å². The Hall–Kier alpha value is -1.35. The van der Waals surface area contributed by atoms with Gasteiger partial charge in [-0.3, -0.25) is 0 Å². The van der Waals surface area contributed by atoms with Crippen molar-refractivity contribution in [3.63, 3.8) is 0 Å². The standard InChI is InChI=1S/C25H47N3O9/c1-12(2)7-8-15(36-23-22(32)19(26)21(31)14(5)35-23)9-18-20(28-24(33)27-6)17(30)11-25(34,37-18)10-16(29)13(3)4/h7-8,12-23,29-32,34H,9-11,26H2,1-6H3,(H2,27,28,33)/b8-7+/t14-,15?,16?,17-,18?,19?,20?,21?,22?,23?,25?/m0/s1. The van der Waals surface area contributed by atoms with Gasteiger partial charge < -0.3 is 56.1 Å². The fourth-order valence-electron chi connectivity index (χ4n) is 4.51. The molecular formula is C25H47N3O9. The minimum absolute atomic E-state index is 0.0494. The Balaban J connectivity index is 2.32. The average molecular weight is 534 g/mol. The van der Waals surface area contributed by atoms with Gasteiger partial charge in [0.25, 0.3) is 0 Å². The molecule has 2 amide bonds. The van der Waals surface area contributed by atoms with E-state index in [9.17, 15) is 30.3 Å². The molecule has 0 aromatic heterocycles. The largest absolute Gasteiger partial charge is 0.393 e. The minimum Gasteiger partial charge on any atom is -0.393 e. The van der Waals surface area contributed by atoms with Gasteiger partial charge in [0, 0.05) is 26.3 Å². The van der Waals surface area contributed by atoms with Crippen LogP contribution in [0.3, 0.4) is 0 Å². The number of urea groups is 1. The molecule has 2 rings (SSSR count). The van der Waals surface area contributed by atoms with Crippen molar-refractivity contribution in [1.29, 1.82) is 0 Å². The van der Waals surface area contributed by atoms with Crippen LogP contribution in [0.4, 0.5) is 4.79 Å². The lowest BCUT2D eigenvalue weighted by Crippen LogP contribution is -2.63. The quantitative estimate of drug-likeness (QED) is 0.166. The van der Waals surface area contributed by atoms with E-state index < -0.39 is 72.9 Å². The van der Waals surface area contributed by atoms with Gasteiger partial charge in [-0.15, -0.1) is 0 Å². The number of rotatable bonds is 10. The number of aliphatic hydroxyl groups is 5. The van der Waals surface area contributed by atoms with Gasteiger partial charge >= 0.3 is 6.03 Å². The number of carbonyl (C=O) groups is 1. The third-order valence-electron chi connectivity index (χ3n) is 6.92. The highest BCUT2D eigenvalue weighted by Crippen LogP contribution is 2.35. The van der Waals surface area contributed by atoms with E-state index in [0.29, 0.717) is 0 Å². The number of ether oxygens (including phenoxy) is 3. The minimum atomic E-state index is -1.84. The molecule has 2 fully saturated rings. The van der Waals surface area contributed by atoms with E-state index in [4.69, 9.17) is 19.9 Å². The molecule has 0 aromatic carbocycles. The zero-order valence-electron chi connectivity index (χ0n) is 22.7. The molecule has 0 aromatic rings. The lowest BCUT2D eigenvalue weighted by atomic mass is 9.86. The van der Waals surface area contributed by atoms with Crippen LogP contribution in [0.15, 0.2) is 12.2 Å². The van der Waals surface area contributed by atoms with Crippen molar-refractivity contribution in [3.8, 4) is 0 Å². The van der Waals surface area contributed by atoms with Crippen molar-refractivity contribution in [2.75, 3.05) is 7.05 Å². The van der Waals surface area contributed by atoms with Crippen LogP contribution in [-0.2, 0) is 14.2 Å². The first-order valence-corrected chi connectivity index (χ1v) is 13.0. The van der Waals surface area contributed by atoms with Gasteiger partial charge in [0.1, 0.15) is 6.10 Å². The number of amides is 2. The zero-order valence-corrected chi connectivity index (χ0v) is 22.7. The summed E-state index contributed by atoms with van der Waals surface area (Å²) >= 11 is 0. The van der Waals surface area contributed by atoms with Crippen LogP contribution in [0, 0.1) is 11.8 Å². The Morgan fingerprint density at radius 2 is 1.84 bits per heavy atom. The number of aliphatic hydroxyl groups excluding tert-OH is 4. The Kier molecular flexibility index (Phi) is 11.7. The third-order valence-corrected chi connectivity index (χ3v) is 6.92. The SMILES string of the molecule is CNC(=O)NC1C(CC(/C=C/C(C)C)OC2O[C@@H](C)C(O)C(N)C2O)OC(O)(CC(O)C(C)C)C[C@@H]1O. The van der Waals surface area contributed by atoms with E-state index in [1.165, 1.54) is 7.05 Å². The Morgan fingerprint density at radius 1 is 1.19 bits per heavy atom. The van der Waals surface area contributed by atoms with E-state index in [0.717, 1.165) is 0 Å². The van der Waals surface area contributed by atoms with E-state index in [1.54, 1.807) is 26.8 Å². The van der Waals surface area contributed by atoms with Gasteiger partial charge in [-0.25, -0.2) is 4.79 Å². The first-order valence-electron chi connectivity index (χ1n) is 13.0. The van der Waals surface area contributed by atoms with Crippen molar-refractivity contribution in [2.24, 2.45) is 17.6 Å². The van der Waals surface area contributed by atoms with Crippen LogP contribution in [0.1, 0.15) is 53.9 Å². The number of hydrogen-bond acceptors (Lipinski definition) is 10. The summed E-state index contributed by atoms with van der Waals surface area (Å²) in [5.41, 5.74) is 5.95. The number of carbonyl (C=O) groups excluding carboxylic acids is 1. The van der Waals surface area contributed by atoms with E-state index in [-0.39, 0.29) is 31.1 Å². The van der Waals surface area contributed by atoms with Gasteiger partial charge in [-0.2, -0.15) is 0 Å². The maximum Gasteiger partial charge on any atom is 0.314 e. The van der Waals surface area contributed by atoms with Crippen molar-refractivity contribution in [1.82, 2.24) is 10.6 Å². The van der Waals surface area contributed by atoms with Crippen molar-refractivity contribution >= 4 is 6.03 Å². The molecule has 12 heteroatoms. The number of hydrogen-bond donors (Lipinski definition) is 8. The van der Waals surface area contributed by atoms with E-state index in [2.05, 4.69) is 10.6 Å². The van der Waals surface area contributed by atoms with Gasteiger partial charge in [0.05, 0.1) is 48.7 Å². The lowest BCUT2D eigenvalue weighted by molar-refractivity contribution is -0.303. The summed E-state index contributed by atoms with van der Waals surface area (Å²) in [4.78, 5) is 12.1. The smallest absolute Gasteiger partial charge is 0.314 e. The fourth-order valence-corrected chi connectivity index (χ4v) is 4.51. The molecule has 9 unspecified atom stereocenters. The molecule has 2 aliphatic rings. The summed E-state index contributed by atoms with van der Waals surface area (Å²) in [6.07, 6.45) is -4.64. The molecule has 216 valence electrons. The second-order valence-electron chi connectivity index (χ2n) is 10.9. The summed E-state index contributed by atoms with van der Waals surface area (Å²) in [7, 11) is 1.44. The fraction of sp³-hybridized carbons (Fsp3) is 0.880. The summed E-state index contributed by atoms with van der Waals surface area (Å²) < 4.78 is 17.8. The average Bonchev–Trinajstić information content (AvgIpc) is 2.81. The topological polar surface area (TPSA) is 196 Å². The predicted molar refractivity (Wildman–Crippen MR) is 135 cm³/mol. The molecule has 0 spiro atoms. The van der Waals surface area contributed by atoms with Crippen LogP contribution < -0.4 is 16.4 Å². The molecule has 0 bridgehead atoms. The summed E-state index contributed by atoms with van der Waals surface area (Å²) in [6.45, 7) is 9.17. The second kappa shape index (κ2) is 13.6. The molecule has 2 saturated heterocycles. The predicted octanol–water partition coefficient (Wildman–Crippen LogP) is -0.689. The lowest BCUT2D eigenvalue weighted by Gasteiger charge is -2.46. The molecule has 0 radical (unpaired) electrons. The Labute approximate surface area is 219 Å². The number of nitrogens with one attached hydrogen (secondary N) is 2. The van der Waals surface area contributed by atoms with Crippen LogP contribution in [0.2, 0.25) is 0 Å². The molecule has 2 heterocycles. The molecule has 0 saturated carbocycles. The Morgan fingerprint density at radius 3 is 2.41 bits per heavy atom. The first-order chi connectivity index (χ1) is 17.2. The zero-order chi connectivity index (χ0) is 28.1. The van der Waals surface area contributed by atoms with Crippen LogP contribution >= 0.6 is 0 Å². The Bertz CT molecular complexity index is 755. The van der Waals surface area contributed by atoms with Gasteiger partial charge in [-0.05, 0) is 18.8 Å². The highest BCUT2D eigenvalue weighted by atomic mass is 16.7. The third kappa shape index (κ3) is 8.84. The highest BCUT2D eigenvalue weighted by Gasteiger charge is 2.49. The monoisotopic (exact) mass is 533 g/mol. The van der Waals surface area contributed by atoms with Gasteiger partial charge in [0.2, 0.25) is 0 Å². The first kappa shape index (κ1) is 31.9. The molecule has 12 nitrogen and oxygen atoms in total. The molecule has 0 aliphatic carbocycles. The maximum absolute atomic E-state index is 12.1. The second-order valence-corrected chi connectivity index (χ2v) is 10.9. The van der Waals surface area contributed by atoms with Crippen LogP contribution in [0.5, 0.6) is 0 Å². The maximum atomic E-state index is 12.1. The van der Waals surface area contributed by atoms with Crippen LogP contribution in [-0.4, -0.2) is 106 Å². The number of allylic oxidation sites excluding steroid dienone is 1. The van der Waals surface area contributed by atoms with E-state index >= 15 is 0 Å². The normalized spacial score (nSPS) is 38.6. The summed E-state index contributed by atoms with van der Waals surface area (Å²) in [6, 6.07) is -2.43. The number of nitrogens with two attached hydrogens (primary N) is 1. The van der Waals surface area contributed by atoms with Gasteiger partial charge in [0.15, 0.2) is 12.1 Å². The molecule has 9 N–H and O–H groups in total. The van der Waals surface area contributed by atoms with Crippen LogP contribution in [0.25, 0.3) is 0 Å². The summed E-state index contributed by atoms with van der Waals surface area (Å²) in [5.74, 6) is -1.84. The van der Waals surface area contributed by atoms with Gasteiger partial charge in [-0.1, -0.05) is 39.8 Å². The molecule has 11 atom stereocenters.